The van der Waals surface area contributed by atoms with E-state index in [0.29, 0.717) is 0 Å². The second-order valence-electron chi connectivity index (χ2n) is 6.63. The Hall–Kier alpha value is -3.38. The van der Waals surface area contributed by atoms with Crippen LogP contribution in [0.3, 0.4) is 0 Å². The minimum Gasteiger partial charge on any atom is -0.0616 e. The van der Waals surface area contributed by atoms with Gasteiger partial charge in [-0.2, -0.15) is 0 Å². The molecule has 0 saturated heterocycles. The quantitative estimate of drug-likeness (QED) is 0.235. The molecular formula is C26H18. The molecule has 0 aliphatic rings. The van der Waals surface area contributed by atoms with Crippen LogP contribution in [0, 0.1) is 0 Å². The molecule has 5 aromatic carbocycles. The lowest BCUT2D eigenvalue weighted by Crippen LogP contribution is -1.82. The summed E-state index contributed by atoms with van der Waals surface area (Å²) in [4.78, 5) is 0. The van der Waals surface area contributed by atoms with Crippen molar-refractivity contribution in [2.75, 3.05) is 0 Å². The Morgan fingerprint density at radius 1 is 0.346 bits per heavy atom. The van der Waals surface area contributed by atoms with Gasteiger partial charge in [-0.1, -0.05) is 109 Å². The van der Waals surface area contributed by atoms with Gasteiger partial charge < -0.3 is 0 Å². The maximum atomic E-state index is 2.24. The molecule has 0 aromatic heterocycles. The first kappa shape index (κ1) is 14.9. The lowest BCUT2D eigenvalue weighted by atomic mass is 9.97. The zero-order valence-corrected chi connectivity index (χ0v) is 14.4. The van der Waals surface area contributed by atoms with Gasteiger partial charge in [0, 0.05) is 0 Å². The first-order valence-corrected chi connectivity index (χ1v) is 8.96. The Kier molecular flexibility index (Phi) is 3.54. The predicted octanol–water partition coefficient (Wildman–Crippen LogP) is 7.32. The van der Waals surface area contributed by atoms with Crippen molar-refractivity contribution in [1.82, 2.24) is 0 Å². The summed E-state index contributed by atoms with van der Waals surface area (Å²) in [6, 6.07) is 34.6. The van der Waals surface area contributed by atoms with Crippen molar-refractivity contribution >= 4 is 44.5 Å². The van der Waals surface area contributed by atoms with E-state index < -0.39 is 0 Å². The summed E-state index contributed by atoms with van der Waals surface area (Å²) in [6.45, 7) is 0. The molecule has 5 rings (SSSR count). The highest BCUT2D eigenvalue weighted by Gasteiger charge is 2.03. The molecule has 0 spiro atoms. The van der Waals surface area contributed by atoms with E-state index in [1.54, 1.807) is 0 Å². The van der Waals surface area contributed by atoms with Crippen LogP contribution in [-0.2, 0) is 0 Å². The minimum atomic E-state index is 1.25. The minimum absolute atomic E-state index is 1.25. The molecule has 0 N–H and O–H groups in total. The number of benzene rings is 5. The van der Waals surface area contributed by atoms with E-state index in [2.05, 4.69) is 109 Å². The molecule has 0 nitrogen and oxygen atoms in total. The van der Waals surface area contributed by atoms with Crippen molar-refractivity contribution in [2.45, 2.75) is 0 Å². The Morgan fingerprint density at radius 2 is 0.885 bits per heavy atom. The van der Waals surface area contributed by atoms with Crippen LogP contribution < -0.4 is 0 Å². The molecule has 0 aliphatic carbocycles. The zero-order valence-electron chi connectivity index (χ0n) is 14.4. The maximum absolute atomic E-state index is 2.24. The van der Waals surface area contributed by atoms with Crippen molar-refractivity contribution in [3.8, 4) is 0 Å². The van der Waals surface area contributed by atoms with Gasteiger partial charge in [0.1, 0.15) is 0 Å². The fourth-order valence-electron chi connectivity index (χ4n) is 3.79. The van der Waals surface area contributed by atoms with Crippen LogP contribution in [0.5, 0.6) is 0 Å². The van der Waals surface area contributed by atoms with Gasteiger partial charge in [0.2, 0.25) is 0 Å². The number of fused-ring (bicyclic) bond motifs is 4. The Balaban J connectivity index is 1.67. The first-order chi connectivity index (χ1) is 12.9. The molecule has 0 saturated carbocycles. The topological polar surface area (TPSA) is 0 Å². The van der Waals surface area contributed by atoms with Crippen LogP contribution in [0.25, 0.3) is 44.5 Å². The van der Waals surface area contributed by atoms with Gasteiger partial charge in [0.05, 0.1) is 0 Å². The summed E-state index contributed by atoms with van der Waals surface area (Å²) < 4.78 is 0. The second kappa shape index (κ2) is 6.16. The highest BCUT2D eigenvalue weighted by Crippen LogP contribution is 2.29. The fourth-order valence-corrected chi connectivity index (χ4v) is 3.79. The van der Waals surface area contributed by atoms with Crippen molar-refractivity contribution in [2.24, 2.45) is 0 Å². The van der Waals surface area contributed by atoms with Crippen molar-refractivity contribution in [3.63, 3.8) is 0 Å². The molecule has 0 unspecified atom stereocenters. The van der Waals surface area contributed by atoms with Crippen molar-refractivity contribution < 1.29 is 0 Å². The molecule has 0 radical (unpaired) electrons. The molecule has 5 aromatic rings. The van der Waals surface area contributed by atoms with E-state index in [1.807, 2.05) is 0 Å². The third-order valence-corrected chi connectivity index (χ3v) is 5.09. The monoisotopic (exact) mass is 330 g/mol. The smallest absolute Gasteiger partial charge is 0.00994 e. The summed E-state index contributed by atoms with van der Waals surface area (Å²) in [7, 11) is 0. The standard InChI is InChI=1S/C26H18/c1-3-12-23-19(7-1)9-5-10-20(23)15-16-22-11-6-14-26-24-13-4-2-8-21(24)17-18-25(22)26/h1-18H. The zero-order chi connectivity index (χ0) is 17.3. The van der Waals surface area contributed by atoms with Crippen LogP contribution in [0.2, 0.25) is 0 Å². The van der Waals surface area contributed by atoms with Gasteiger partial charge in [-0.3, -0.25) is 0 Å². The van der Waals surface area contributed by atoms with Crippen LogP contribution in [-0.4, -0.2) is 0 Å². The largest absolute Gasteiger partial charge is 0.0616 e. The van der Waals surface area contributed by atoms with Gasteiger partial charge in [-0.25, -0.2) is 0 Å². The van der Waals surface area contributed by atoms with E-state index in [-0.39, 0.29) is 0 Å². The Labute approximate surface area is 153 Å². The summed E-state index contributed by atoms with van der Waals surface area (Å²) in [5, 5.41) is 7.77. The predicted molar refractivity (Wildman–Crippen MR) is 114 cm³/mol. The average molecular weight is 330 g/mol. The van der Waals surface area contributed by atoms with Gasteiger partial charge in [0.15, 0.2) is 0 Å². The van der Waals surface area contributed by atoms with E-state index in [0.717, 1.165) is 0 Å². The highest BCUT2D eigenvalue weighted by atomic mass is 14.1. The average Bonchev–Trinajstić information content (AvgIpc) is 2.72. The summed E-state index contributed by atoms with van der Waals surface area (Å²) in [6.07, 6.45) is 4.46. The molecule has 0 amide bonds. The third kappa shape index (κ3) is 2.48. The lowest BCUT2D eigenvalue weighted by molar-refractivity contribution is 1.71. The number of hydrogen-bond donors (Lipinski definition) is 0. The Bertz CT molecular complexity index is 1270. The van der Waals surface area contributed by atoms with Crippen LogP contribution >= 0.6 is 0 Å². The van der Waals surface area contributed by atoms with E-state index >= 15 is 0 Å². The van der Waals surface area contributed by atoms with Gasteiger partial charge in [0.25, 0.3) is 0 Å². The van der Waals surface area contributed by atoms with Crippen molar-refractivity contribution in [3.05, 3.63) is 108 Å². The van der Waals surface area contributed by atoms with Crippen LogP contribution in [0.4, 0.5) is 0 Å². The first-order valence-electron chi connectivity index (χ1n) is 8.96. The molecule has 0 heteroatoms. The van der Waals surface area contributed by atoms with Crippen LogP contribution in [0.15, 0.2) is 97.1 Å². The summed E-state index contributed by atoms with van der Waals surface area (Å²) >= 11 is 0. The van der Waals surface area contributed by atoms with Gasteiger partial charge in [-0.15, -0.1) is 0 Å². The SMILES string of the molecule is C(=Cc1cccc2c1ccc1ccccc12)c1cccc2ccccc12. The third-order valence-electron chi connectivity index (χ3n) is 5.09. The maximum Gasteiger partial charge on any atom is -0.00994 e. The lowest BCUT2D eigenvalue weighted by Gasteiger charge is -2.07. The van der Waals surface area contributed by atoms with E-state index in [1.165, 1.54) is 43.4 Å². The van der Waals surface area contributed by atoms with Crippen LogP contribution in [0.1, 0.15) is 11.1 Å². The van der Waals surface area contributed by atoms with Gasteiger partial charge in [-0.05, 0) is 43.4 Å². The summed E-state index contributed by atoms with van der Waals surface area (Å²) in [5.74, 6) is 0. The van der Waals surface area contributed by atoms with Gasteiger partial charge >= 0.3 is 0 Å². The van der Waals surface area contributed by atoms with Crippen molar-refractivity contribution in [1.29, 1.82) is 0 Å². The molecular weight excluding hydrogens is 312 g/mol. The highest BCUT2D eigenvalue weighted by molar-refractivity contribution is 6.10. The molecule has 0 fully saturated rings. The Morgan fingerprint density at radius 3 is 1.69 bits per heavy atom. The molecule has 0 atom stereocenters. The molecule has 0 bridgehead atoms. The number of rotatable bonds is 2. The molecule has 0 aliphatic heterocycles. The summed E-state index contributed by atoms with van der Waals surface area (Å²) in [5.41, 5.74) is 2.50. The normalized spacial score (nSPS) is 11.7. The molecule has 0 heterocycles. The van der Waals surface area contributed by atoms with E-state index in [9.17, 15) is 0 Å². The number of hydrogen-bond acceptors (Lipinski definition) is 0. The molecule has 26 heavy (non-hydrogen) atoms. The second-order valence-corrected chi connectivity index (χ2v) is 6.63. The van der Waals surface area contributed by atoms with E-state index in [4.69, 9.17) is 0 Å². The fraction of sp³-hybridized carbons (Fsp3) is 0. The molecule has 122 valence electrons.